The molecule has 3 nitrogen and oxygen atoms in total. The van der Waals surface area contributed by atoms with Crippen LogP contribution >= 0.6 is 11.6 Å². The highest BCUT2D eigenvalue weighted by Crippen LogP contribution is 2.48. The molecule has 2 aliphatic heterocycles. The van der Waals surface area contributed by atoms with Crippen LogP contribution in [0.15, 0.2) is 18.2 Å². The summed E-state index contributed by atoms with van der Waals surface area (Å²) in [5.41, 5.74) is 8.12. The molecule has 2 heterocycles. The average Bonchev–Trinajstić information content (AvgIpc) is 2.64. The lowest BCUT2D eigenvalue weighted by Gasteiger charge is -2.34. The number of hydrogen-bond donors (Lipinski definition) is 2. The van der Waals surface area contributed by atoms with Crippen LogP contribution in [0.4, 0.5) is 0 Å². The Bertz CT molecular complexity index is 429. The van der Waals surface area contributed by atoms with Crippen molar-refractivity contribution in [3.8, 4) is 0 Å². The third-order valence-corrected chi connectivity index (χ3v) is 4.08. The van der Waals surface area contributed by atoms with Gasteiger partial charge < -0.3 is 15.8 Å². The van der Waals surface area contributed by atoms with Crippen LogP contribution in [-0.2, 0) is 10.3 Å². The Morgan fingerprint density at radius 3 is 2.88 bits per heavy atom. The summed E-state index contributed by atoms with van der Waals surface area (Å²) in [6, 6.07) is 6.04. The maximum absolute atomic E-state index is 6.24. The number of ether oxygens (including phenoxy) is 1. The average molecular weight is 253 g/mol. The molecule has 3 N–H and O–H groups in total. The van der Waals surface area contributed by atoms with Crippen LogP contribution in [0.25, 0.3) is 0 Å². The summed E-state index contributed by atoms with van der Waals surface area (Å²) >= 11 is 6.11. The molecule has 4 heteroatoms. The molecule has 1 unspecified atom stereocenters. The van der Waals surface area contributed by atoms with Crippen LogP contribution in [0.2, 0.25) is 5.02 Å². The predicted molar refractivity (Wildman–Crippen MR) is 68.1 cm³/mol. The van der Waals surface area contributed by atoms with Gasteiger partial charge in [0.15, 0.2) is 0 Å². The van der Waals surface area contributed by atoms with Gasteiger partial charge in [-0.1, -0.05) is 17.7 Å². The van der Waals surface area contributed by atoms with Crippen molar-refractivity contribution < 1.29 is 4.74 Å². The zero-order chi connectivity index (χ0) is 11.9. The highest BCUT2D eigenvalue weighted by atomic mass is 35.5. The summed E-state index contributed by atoms with van der Waals surface area (Å²) in [4.78, 5) is 0. The monoisotopic (exact) mass is 252 g/mol. The number of hydrogen-bond acceptors (Lipinski definition) is 3. The van der Waals surface area contributed by atoms with Gasteiger partial charge in [-0.3, -0.25) is 0 Å². The number of nitrogens with two attached hydrogens (primary N) is 1. The van der Waals surface area contributed by atoms with E-state index in [9.17, 15) is 0 Å². The van der Waals surface area contributed by atoms with Crippen molar-refractivity contribution in [1.29, 1.82) is 0 Å². The SMILES string of the molecule is NCC1OC2(CCNCC2)c2cc(Cl)ccc21. The van der Waals surface area contributed by atoms with E-state index in [4.69, 9.17) is 22.1 Å². The maximum Gasteiger partial charge on any atom is 0.0968 e. The molecular formula is C13H17ClN2O. The molecule has 0 bridgehead atoms. The molecule has 92 valence electrons. The highest BCUT2D eigenvalue weighted by molar-refractivity contribution is 6.30. The molecule has 0 aromatic heterocycles. The molecule has 0 radical (unpaired) electrons. The molecule has 0 saturated carbocycles. The van der Waals surface area contributed by atoms with Gasteiger partial charge in [0.2, 0.25) is 0 Å². The first-order chi connectivity index (χ1) is 8.25. The van der Waals surface area contributed by atoms with E-state index in [1.807, 2.05) is 6.07 Å². The minimum Gasteiger partial charge on any atom is -0.361 e. The van der Waals surface area contributed by atoms with Crippen LogP contribution in [0.1, 0.15) is 30.1 Å². The number of piperidine rings is 1. The molecule has 0 amide bonds. The highest BCUT2D eigenvalue weighted by Gasteiger charge is 2.44. The third kappa shape index (κ3) is 1.78. The maximum atomic E-state index is 6.24. The molecule has 3 rings (SSSR count). The van der Waals surface area contributed by atoms with Crippen molar-refractivity contribution in [3.05, 3.63) is 34.3 Å². The lowest BCUT2D eigenvalue weighted by Crippen LogP contribution is -2.40. The van der Waals surface area contributed by atoms with E-state index in [1.54, 1.807) is 0 Å². The van der Waals surface area contributed by atoms with Gasteiger partial charge in [0, 0.05) is 11.6 Å². The molecule has 1 fully saturated rings. The summed E-state index contributed by atoms with van der Waals surface area (Å²) in [5, 5.41) is 4.15. The molecule has 1 spiro atoms. The molecule has 1 aromatic rings. The second kappa shape index (κ2) is 4.25. The number of fused-ring (bicyclic) bond motifs is 2. The third-order valence-electron chi connectivity index (χ3n) is 3.85. The van der Waals surface area contributed by atoms with Gasteiger partial charge in [0.1, 0.15) is 0 Å². The van der Waals surface area contributed by atoms with E-state index in [1.165, 1.54) is 11.1 Å². The van der Waals surface area contributed by atoms with Crippen molar-refractivity contribution in [3.63, 3.8) is 0 Å². The lowest BCUT2D eigenvalue weighted by atomic mass is 9.84. The van der Waals surface area contributed by atoms with Gasteiger partial charge in [0.05, 0.1) is 11.7 Å². The van der Waals surface area contributed by atoms with E-state index in [-0.39, 0.29) is 11.7 Å². The van der Waals surface area contributed by atoms with Gasteiger partial charge in [-0.25, -0.2) is 0 Å². The fourth-order valence-electron chi connectivity index (χ4n) is 3.00. The minimum absolute atomic E-state index is 0.0281. The second-order valence-corrected chi connectivity index (χ2v) is 5.25. The quantitative estimate of drug-likeness (QED) is 0.803. The molecular weight excluding hydrogens is 236 g/mol. The lowest BCUT2D eigenvalue weighted by molar-refractivity contribution is -0.0906. The van der Waals surface area contributed by atoms with E-state index < -0.39 is 0 Å². The molecule has 1 saturated heterocycles. The fourth-order valence-corrected chi connectivity index (χ4v) is 3.17. The van der Waals surface area contributed by atoms with Crippen LogP contribution < -0.4 is 11.1 Å². The predicted octanol–water partition coefficient (Wildman–Crippen LogP) is 1.95. The first-order valence-electron chi connectivity index (χ1n) is 6.14. The first kappa shape index (κ1) is 11.5. The molecule has 2 aliphatic rings. The Kier molecular flexibility index (Phi) is 2.87. The summed E-state index contributed by atoms with van der Waals surface area (Å²) in [7, 11) is 0. The zero-order valence-corrected chi connectivity index (χ0v) is 10.5. The summed E-state index contributed by atoms with van der Waals surface area (Å²) in [6.07, 6.45) is 2.02. The number of nitrogens with one attached hydrogen (secondary N) is 1. The van der Waals surface area contributed by atoms with E-state index in [0.29, 0.717) is 6.54 Å². The number of halogens is 1. The molecule has 1 aromatic carbocycles. The van der Waals surface area contributed by atoms with Crippen LogP contribution in [-0.4, -0.2) is 19.6 Å². The Morgan fingerprint density at radius 1 is 1.41 bits per heavy atom. The van der Waals surface area contributed by atoms with E-state index in [0.717, 1.165) is 31.0 Å². The van der Waals surface area contributed by atoms with Gasteiger partial charge in [-0.2, -0.15) is 0 Å². The molecule has 1 atom stereocenters. The number of rotatable bonds is 1. The number of benzene rings is 1. The van der Waals surface area contributed by atoms with Gasteiger partial charge >= 0.3 is 0 Å². The zero-order valence-electron chi connectivity index (χ0n) is 9.71. The Balaban J connectivity index is 2.07. The van der Waals surface area contributed by atoms with Crippen LogP contribution in [0.5, 0.6) is 0 Å². The molecule has 0 aliphatic carbocycles. The standard InChI is InChI=1S/C13H17ClN2O/c14-9-1-2-10-11(7-9)13(17-12(10)8-15)3-5-16-6-4-13/h1-2,7,12,16H,3-6,8,15H2. The topological polar surface area (TPSA) is 47.3 Å². The Hall–Kier alpha value is -0.610. The largest absolute Gasteiger partial charge is 0.361 e. The van der Waals surface area contributed by atoms with Gasteiger partial charge in [-0.05, 0) is 49.2 Å². The van der Waals surface area contributed by atoms with Crippen molar-refractivity contribution in [2.45, 2.75) is 24.5 Å². The van der Waals surface area contributed by atoms with Gasteiger partial charge in [-0.15, -0.1) is 0 Å². The second-order valence-electron chi connectivity index (χ2n) is 4.82. The Labute approximate surface area is 106 Å². The van der Waals surface area contributed by atoms with Crippen molar-refractivity contribution >= 4 is 11.6 Å². The van der Waals surface area contributed by atoms with Crippen molar-refractivity contribution in [1.82, 2.24) is 5.32 Å². The van der Waals surface area contributed by atoms with E-state index >= 15 is 0 Å². The normalized spacial score (nSPS) is 26.1. The van der Waals surface area contributed by atoms with Gasteiger partial charge in [0.25, 0.3) is 0 Å². The van der Waals surface area contributed by atoms with Crippen LogP contribution in [0, 0.1) is 0 Å². The Morgan fingerprint density at radius 2 is 2.18 bits per heavy atom. The van der Waals surface area contributed by atoms with Crippen LogP contribution in [0.3, 0.4) is 0 Å². The summed E-state index contributed by atoms with van der Waals surface area (Å²) in [5.74, 6) is 0. The van der Waals surface area contributed by atoms with Crippen molar-refractivity contribution in [2.75, 3.05) is 19.6 Å². The van der Waals surface area contributed by atoms with E-state index in [2.05, 4.69) is 17.4 Å². The summed E-state index contributed by atoms with van der Waals surface area (Å²) in [6.45, 7) is 2.51. The molecule has 17 heavy (non-hydrogen) atoms. The smallest absolute Gasteiger partial charge is 0.0968 e. The summed E-state index contributed by atoms with van der Waals surface area (Å²) < 4.78 is 6.24. The fraction of sp³-hybridized carbons (Fsp3) is 0.538. The minimum atomic E-state index is -0.157. The van der Waals surface area contributed by atoms with Crippen molar-refractivity contribution in [2.24, 2.45) is 5.73 Å². The first-order valence-corrected chi connectivity index (χ1v) is 6.51.